The molecule has 0 aliphatic heterocycles. The van der Waals surface area contributed by atoms with Gasteiger partial charge in [0, 0.05) is 22.7 Å². The Bertz CT molecular complexity index is 1150. The van der Waals surface area contributed by atoms with Crippen LogP contribution >= 0.6 is 12.6 Å². The molecule has 4 fully saturated rings. The Labute approximate surface area is 222 Å². The molecule has 0 aromatic carbocycles. The number of ether oxygens (including phenoxy) is 1. The first-order valence-corrected chi connectivity index (χ1v) is 13.7. The minimum Gasteiger partial charge on any atom is -0.449 e. The molecule has 5 nitrogen and oxygen atoms in total. The minimum absolute atomic E-state index is 0.0496. The molecule has 37 heavy (non-hydrogen) atoms. The average Bonchev–Trinajstić information content (AvgIpc) is 3.08. The van der Waals surface area contributed by atoms with Gasteiger partial charge in [0.25, 0.3) is 0 Å². The van der Waals surface area contributed by atoms with E-state index in [1.165, 1.54) is 12.2 Å². The van der Waals surface area contributed by atoms with Crippen molar-refractivity contribution in [1.82, 2.24) is 0 Å². The van der Waals surface area contributed by atoms with E-state index in [2.05, 4.69) is 12.6 Å². The van der Waals surface area contributed by atoms with E-state index in [1.807, 2.05) is 27.7 Å². The summed E-state index contributed by atoms with van der Waals surface area (Å²) in [6, 6.07) is 0. The fraction of sp³-hybridized carbons (Fsp3) is 0.759. The maximum absolute atomic E-state index is 17.4. The van der Waals surface area contributed by atoms with E-state index in [0.29, 0.717) is 6.42 Å². The first kappa shape index (κ1) is 27.0. The molecule has 0 bridgehead atoms. The van der Waals surface area contributed by atoms with Crippen LogP contribution in [0.15, 0.2) is 23.8 Å². The number of carbonyl (C=O) groups is 3. The van der Waals surface area contributed by atoms with Gasteiger partial charge in [-0.25, -0.2) is 8.78 Å². The molecule has 8 heteroatoms. The number of halogens is 2. The second-order valence-electron chi connectivity index (χ2n) is 13.8. The second kappa shape index (κ2) is 7.56. The number of aliphatic hydroxyl groups excluding tert-OH is 1. The van der Waals surface area contributed by atoms with Gasteiger partial charge in [-0.3, -0.25) is 14.4 Å². The molecule has 204 valence electrons. The highest BCUT2D eigenvalue weighted by Crippen LogP contribution is 2.73. The van der Waals surface area contributed by atoms with E-state index in [-0.39, 0.29) is 29.2 Å². The second-order valence-corrected chi connectivity index (χ2v) is 14.2. The predicted molar refractivity (Wildman–Crippen MR) is 137 cm³/mol. The third kappa shape index (κ3) is 2.92. The van der Waals surface area contributed by atoms with Crippen LogP contribution in [-0.2, 0) is 19.1 Å². The number of esters is 1. The molecule has 0 saturated heterocycles. The van der Waals surface area contributed by atoms with Gasteiger partial charge in [-0.15, -0.1) is 12.6 Å². The molecule has 1 unspecified atom stereocenters. The van der Waals surface area contributed by atoms with Crippen molar-refractivity contribution in [2.75, 3.05) is 0 Å². The standard InChI is InChI=1S/C29H38F2O5S/c1-14-10-16-17-12-19(30)18-11-15(32)8-9-26(18,6)28(17,31)20(33)13-27(16,7)29(14,23(35)37)36-22(34)21-24(2,3)25(21,4)5/h8-9,11,14,16-17,19-21,33H,10,12-13H2,1-7H3,(H,35,37)/t14?,16-,17-,19-,20-,26-,27-,28-,29-/m0/s1. The molecule has 4 saturated carbocycles. The van der Waals surface area contributed by atoms with Crippen molar-refractivity contribution in [1.29, 1.82) is 0 Å². The summed E-state index contributed by atoms with van der Waals surface area (Å²) in [5.74, 6) is -3.34. The number of allylic oxidation sites excluding steroid dienone is 4. The number of rotatable bonds is 3. The molecular formula is C29H38F2O5S. The van der Waals surface area contributed by atoms with Crippen molar-refractivity contribution in [2.24, 2.45) is 45.3 Å². The van der Waals surface area contributed by atoms with E-state index in [4.69, 9.17) is 4.74 Å². The van der Waals surface area contributed by atoms with Gasteiger partial charge in [-0.05, 0) is 60.7 Å². The molecular weight excluding hydrogens is 498 g/mol. The van der Waals surface area contributed by atoms with Crippen molar-refractivity contribution in [3.63, 3.8) is 0 Å². The lowest BCUT2D eigenvalue weighted by molar-refractivity contribution is -0.229. The molecule has 0 radical (unpaired) electrons. The number of fused-ring (bicyclic) bond motifs is 5. The number of thiol groups is 1. The van der Waals surface area contributed by atoms with Crippen LogP contribution in [0.4, 0.5) is 8.78 Å². The number of hydrogen-bond acceptors (Lipinski definition) is 5. The molecule has 0 amide bonds. The number of hydrogen-bond donors (Lipinski definition) is 2. The van der Waals surface area contributed by atoms with Crippen molar-refractivity contribution >= 4 is 29.5 Å². The van der Waals surface area contributed by atoms with E-state index in [0.717, 1.165) is 6.08 Å². The Hall–Kier alpha value is -1.54. The monoisotopic (exact) mass is 536 g/mol. The minimum atomic E-state index is -2.26. The van der Waals surface area contributed by atoms with Gasteiger partial charge in [-0.1, -0.05) is 47.6 Å². The summed E-state index contributed by atoms with van der Waals surface area (Å²) in [6.07, 6.45) is 0.563. The van der Waals surface area contributed by atoms with Crippen LogP contribution in [0.3, 0.4) is 0 Å². The average molecular weight is 537 g/mol. The SMILES string of the molecule is CC1C[C@H]2[C@@H]3C[C@H](F)C4=CC(=O)C=C[C@]4(C)[C@@]3(F)[C@@H](O)C[C@]2(C)[C@@]1(OC(=O)C1C(C)(C)C1(C)C)C(=O)S. The lowest BCUT2D eigenvalue weighted by Gasteiger charge is -2.63. The van der Waals surface area contributed by atoms with Crippen LogP contribution < -0.4 is 0 Å². The van der Waals surface area contributed by atoms with Crippen LogP contribution in [0.25, 0.3) is 0 Å². The van der Waals surface area contributed by atoms with E-state index in [9.17, 15) is 19.5 Å². The Balaban J connectivity index is 1.59. The van der Waals surface area contributed by atoms with Gasteiger partial charge in [0.1, 0.15) is 6.17 Å². The number of ketones is 1. The molecule has 0 aromatic heterocycles. The fourth-order valence-electron chi connectivity index (χ4n) is 9.24. The lowest BCUT2D eigenvalue weighted by atomic mass is 9.44. The lowest BCUT2D eigenvalue weighted by Crippen LogP contribution is -2.70. The molecule has 0 spiro atoms. The zero-order valence-electron chi connectivity index (χ0n) is 22.6. The van der Waals surface area contributed by atoms with Gasteiger partial charge in [0.15, 0.2) is 17.1 Å². The molecule has 0 heterocycles. The van der Waals surface area contributed by atoms with Gasteiger partial charge < -0.3 is 9.84 Å². The molecule has 9 atom stereocenters. The molecule has 5 aliphatic rings. The van der Waals surface area contributed by atoms with Crippen LogP contribution in [0, 0.1) is 45.3 Å². The summed E-state index contributed by atoms with van der Waals surface area (Å²) in [6.45, 7) is 13.0. The maximum Gasteiger partial charge on any atom is 0.311 e. The van der Waals surface area contributed by atoms with Gasteiger partial charge in [0.05, 0.1) is 12.0 Å². The summed E-state index contributed by atoms with van der Waals surface area (Å²) in [4.78, 5) is 39.0. The Morgan fingerprint density at radius 2 is 1.68 bits per heavy atom. The largest absolute Gasteiger partial charge is 0.449 e. The normalized spacial score (nSPS) is 49.4. The number of alkyl halides is 2. The van der Waals surface area contributed by atoms with E-state index in [1.54, 1.807) is 20.8 Å². The third-order valence-electron chi connectivity index (χ3n) is 12.0. The van der Waals surface area contributed by atoms with Crippen LogP contribution in [0.2, 0.25) is 0 Å². The van der Waals surface area contributed by atoms with Gasteiger partial charge in [0.2, 0.25) is 5.12 Å². The third-order valence-corrected chi connectivity index (χ3v) is 12.3. The topological polar surface area (TPSA) is 80.7 Å². The molecule has 1 N–H and O–H groups in total. The van der Waals surface area contributed by atoms with Crippen LogP contribution in [0.1, 0.15) is 67.7 Å². The Morgan fingerprint density at radius 1 is 1.08 bits per heavy atom. The van der Waals surface area contributed by atoms with Crippen molar-refractivity contribution in [3.8, 4) is 0 Å². The van der Waals surface area contributed by atoms with E-state index >= 15 is 8.78 Å². The quantitative estimate of drug-likeness (QED) is 0.393. The number of aliphatic hydroxyl groups is 1. The Morgan fingerprint density at radius 3 is 2.22 bits per heavy atom. The smallest absolute Gasteiger partial charge is 0.311 e. The van der Waals surface area contributed by atoms with Crippen LogP contribution in [0.5, 0.6) is 0 Å². The summed E-state index contributed by atoms with van der Waals surface area (Å²) in [5, 5.41) is 10.9. The highest BCUT2D eigenvalue weighted by atomic mass is 32.1. The fourth-order valence-corrected chi connectivity index (χ4v) is 9.77. The number of carbonyl (C=O) groups excluding carboxylic acids is 3. The molecule has 5 aliphatic carbocycles. The summed E-state index contributed by atoms with van der Waals surface area (Å²) >= 11 is 4.22. The molecule has 5 rings (SSSR count). The van der Waals surface area contributed by atoms with Gasteiger partial charge >= 0.3 is 5.97 Å². The highest BCUT2D eigenvalue weighted by Gasteiger charge is 2.79. The van der Waals surface area contributed by atoms with E-state index < -0.39 is 74.9 Å². The zero-order chi connectivity index (χ0) is 27.7. The first-order valence-electron chi connectivity index (χ1n) is 13.3. The predicted octanol–water partition coefficient (Wildman–Crippen LogP) is 4.97. The van der Waals surface area contributed by atoms with Gasteiger partial charge in [-0.2, -0.15) is 0 Å². The van der Waals surface area contributed by atoms with Crippen molar-refractivity contribution in [2.45, 2.75) is 91.3 Å². The zero-order valence-corrected chi connectivity index (χ0v) is 23.5. The highest BCUT2D eigenvalue weighted by molar-refractivity contribution is 7.96. The maximum atomic E-state index is 17.4. The summed E-state index contributed by atoms with van der Waals surface area (Å²) in [7, 11) is 0. The molecule has 0 aromatic rings. The Kier molecular flexibility index (Phi) is 5.52. The first-order chi connectivity index (χ1) is 16.8. The van der Waals surface area contributed by atoms with Crippen molar-refractivity contribution < 1.29 is 33.0 Å². The summed E-state index contributed by atoms with van der Waals surface area (Å²) < 4.78 is 39.3. The summed E-state index contributed by atoms with van der Waals surface area (Å²) in [5.41, 5.74) is -7.20. The van der Waals surface area contributed by atoms with Crippen molar-refractivity contribution in [3.05, 3.63) is 23.8 Å². The van der Waals surface area contributed by atoms with Crippen LogP contribution in [-0.4, -0.2) is 45.5 Å².